The van der Waals surface area contributed by atoms with E-state index in [0.717, 1.165) is 68.3 Å². The van der Waals surface area contributed by atoms with E-state index in [9.17, 15) is 15.0 Å². The van der Waals surface area contributed by atoms with Crippen molar-refractivity contribution in [3.05, 3.63) is 112 Å². The van der Waals surface area contributed by atoms with E-state index in [1.807, 2.05) is 24.3 Å². The summed E-state index contributed by atoms with van der Waals surface area (Å²) in [4.78, 5) is 15.7. The Kier molecular flexibility index (Phi) is 13.7. The van der Waals surface area contributed by atoms with Crippen molar-refractivity contribution in [2.45, 2.75) is 51.0 Å². The van der Waals surface area contributed by atoms with Crippen LogP contribution in [0.15, 0.2) is 84.9 Å². The van der Waals surface area contributed by atoms with Crippen LogP contribution in [-0.4, -0.2) is 64.0 Å². The molecule has 0 radical (unpaired) electrons. The molecule has 1 saturated heterocycles. The number of carbonyl (C=O) groups excluding carboxylic acids is 1. The molecule has 0 aliphatic carbocycles. The predicted octanol–water partition coefficient (Wildman–Crippen LogP) is 8.21. The molecule has 4 aromatic carbocycles. The maximum absolute atomic E-state index is 11.5. The molecule has 0 bridgehead atoms. The third-order valence-corrected chi connectivity index (χ3v) is 9.32. The second-order valence-electron chi connectivity index (χ2n) is 11.3. The number of fused-ring (bicyclic) bond motifs is 1. The van der Waals surface area contributed by atoms with Crippen molar-refractivity contribution in [3.8, 4) is 5.75 Å². The van der Waals surface area contributed by atoms with Gasteiger partial charge in [0.2, 0.25) is 4.69 Å². The summed E-state index contributed by atoms with van der Waals surface area (Å²) < 4.78 is 4.89. The second-order valence-corrected chi connectivity index (χ2v) is 12.9. The van der Waals surface area contributed by atoms with Gasteiger partial charge in [-0.05, 0) is 68.7 Å². The lowest BCUT2D eigenvalue weighted by molar-refractivity contribution is -0.117. The number of aliphatic hydroxyl groups is 2. The lowest BCUT2D eigenvalue weighted by Gasteiger charge is -2.41. The number of hydrogen-bond donors (Lipinski definition) is 2. The molecule has 45 heavy (non-hydrogen) atoms. The van der Waals surface area contributed by atoms with Gasteiger partial charge in [0.1, 0.15) is 11.9 Å². The lowest BCUT2D eigenvalue weighted by Crippen LogP contribution is -2.51. The Morgan fingerprint density at radius 1 is 0.911 bits per heavy atom. The Labute approximate surface area is 284 Å². The monoisotopic (exact) mass is 714 g/mol. The molecule has 9 heteroatoms. The smallest absolute Gasteiger partial charge is 0.230 e. The third-order valence-electron chi connectivity index (χ3n) is 8.25. The van der Waals surface area contributed by atoms with Crippen LogP contribution in [0, 0.1) is 0 Å². The molecule has 240 valence electrons. The molecule has 1 aliphatic rings. The molecule has 0 unspecified atom stereocenters. The van der Waals surface area contributed by atoms with Crippen molar-refractivity contribution >= 4 is 54.6 Å². The van der Waals surface area contributed by atoms with Gasteiger partial charge in [0.25, 0.3) is 0 Å². The lowest BCUT2D eigenvalue weighted by atomic mass is 9.94. The summed E-state index contributed by atoms with van der Waals surface area (Å²) in [5.41, 5.74) is 2.85. The van der Waals surface area contributed by atoms with Gasteiger partial charge >= 0.3 is 0 Å². The molecule has 1 fully saturated rings. The molecule has 0 saturated carbocycles. The standard InChI is InChI=1S/C28H35ClN2O2.C8H6BrClO2/c1-3-4-10-25(31-17-15-30(16-18-31)20-21-8-6-5-7-9-21)28(32)23-11-13-24-22(19-23)12-14-26(33-2)27(24)29;9-8(12)7(11)5-1-3-6(10)4-2-5/h5-9,11-14,19,25,28,32H,3-4,10,15-18,20H2,1-2H3;1-4,7,11H/t25-,28-;7-/m00/s1. The fraction of sp³-hybridized carbons (Fsp3) is 0.361. The van der Waals surface area contributed by atoms with Crippen LogP contribution < -0.4 is 4.74 Å². The van der Waals surface area contributed by atoms with Crippen LogP contribution in [0.5, 0.6) is 5.75 Å². The average Bonchev–Trinajstić information content (AvgIpc) is 3.06. The molecule has 1 aliphatic heterocycles. The first-order valence-electron chi connectivity index (χ1n) is 15.3. The summed E-state index contributed by atoms with van der Waals surface area (Å²) in [7, 11) is 1.63. The Hall–Kier alpha value is -2.49. The molecule has 0 spiro atoms. The molecule has 1 heterocycles. The van der Waals surface area contributed by atoms with E-state index in [0.29, 0.717) is 21.4 Å². The Balaban J connectivity index is 0.000000323. The van der Waals surface area contributed by atoms with Gasteiger partial charge in [-0.1, -0.05) is 104 Å². The van der Waals surface area contributed by atoms with Gasteiger partial charge in [0.05, 0.1) is 18.2 Å². The van der Waals surface area contributed by atoms with Crippen LogP contribution >= 0.6 is 39.1 Å². The van der Waals surface area contributed by atoms with Gasteiger partial charge in [-0.3, -0.25) is 14.6 Å². The number of benzene rings is 4. The molecular weight excluding hydrogens is 675 g/mol. The summed E-state index contributed by atoms with van der Waals surface area (Å²) in [6.07, 6.45) is 1.61. The highest BCUT2D eigenvalue weighted by Crippen LogP contribution is 2.35. The fourth-order valence-corrected chi connectivity index (χ4v) is 6.38. The maximum atomic E-state index is 11.5. The Morgan fingerprint density at radius 2 is 1.58 bits per heavy atom. The average molecular weight is 717 g/mol. The number of rotatable bonds is 11. The summed E-state index contributed by atoms with van der Waals surface area (Å²) in [6, 6.07) is 27.3. The first-order chi connectivity index (χ1) is 21.7. The van der Waals surface area contributed by atoms with E-state index in [1.54, 1.807) is 31.4 Å². The maximum Gasteiger partial charge on any atom is 0.230 e. The van der Waals surface area contributed by atoms with Crippen LogP contribution in [-0.2, 0) is 11.3 Å². The largest absolute Gasteiger partial charge is 0.495 e. The number of aliphatic hydroxyl groups excluding tert-OH is 2. The van der Waals surface area contributed by atoms with E-state index >= 15 is 0 Å². The highest BCUT2D eigenvalue weighted by molar-refractivity contribution is 9.18. The van der Waals surface area contributed by atoms with Crippen molar-refractivity contribution in [1.29, 1.82) is 0 Å². The minimum atomic E-state index is -1.11. The molecule has 6 nitrogen and oxygen atoms in total. The SMILES string of the molecule is CCCC[C@@H]([C@@H](O)c1ccc2c(Cl)c(OC)ccc2c1)N1CCN(Cc2ccccc2)CC1.O=C(Br)[C@@H](O)c1ccc(Cl)cc1. The number of hydrogen-bond acceptors (Lipinski definition) is 6. The minimum Gasteiger partial charge on any atom is -0.495 e. The van der Waals surface area contributed by atoms with Gasteiger partial charge in [-0.2, -0.15) is 0 Å². The molecule has 3 atom stereocenters. The first-order valence-corrected chi connectivity index (χ1v) is 16.8. The second kappa shape index (κ2) is 17.4. The van der Waals surface area contributed by atoms with Crippen LogP contribution in [0.2, 0.25) is 10.0 Å². The zero-order valence-electron chi connectivity index (χ0n) is 25.7. The summed E-state index contributed by atoms with van der Waals surface area (Å²) in [5.74, 6) is 0.673. The number of carbonyl (C=O) groups is 1. The normalized spacial score (nSPS) is 16.0. The number of unbranched alkanes of at least 4 members (excludes halogenated alkanes) is 1. The number of halogens is 3. The van der Waals surface area contributed by atoms with E-state index < -0.39 is 16.9 Å². The zero-order chi connectivity index (χ0) is 32.3. The number of methoxy groups -OCH3 is 1. The molecule has 0 amide bonds. The highest BCUT2D eigenvalue weighted by atomic mass is 79.9. The molecule has 2 N–H and O–H groups in total. The summed E-state index contributed by atoms with van der Waals surface area (Å²) >= 11 is 14.8. The van der Waals surface area contributed by atoms with Crippen molar-refractivity contribution in [3.63, 3.8) is 0 Å². The number of ether oxygens (including phenoxy) is 1. The highest BCUT2D eigenvalue weighted by Gasteiger charge is 2.30. The Morgan fingerprint density at radius 3 is 2.20 bits per heavy atom. The minimum absolute atomic E-state index is 0.120. The number of nitrogens with zero attached hydrogens (tertiary/aromatic N) is 2. The van der Waals surface area contributed by atoms with E-state index in [4.69, 9.17) is 27.9 Å². The Bertz CT molecular complexity index is 1520. The third kappa shape index (κ3) is 9.75. The molecule has 4 aromatic rings. The molecular formula is C36H41BrCl2N2O4. The topological polar surface area (TPSA) is 73.2 Å². The van der Waals surface area contributed by atoms with Gasteiger partial charge in [0, 0.05) is 49.2 Å². The predicted molar refractivity (Wildman–Crippen MR) is 187 cm³/mol. The quantitative estimate of drug-likeness (QED) is 0.153. The van der Waals surface area contributed by atoms with Crippen LogP contribution in [0.3, 0.4) is 0 Å². The van der Waals surface area contributed by atoms with E-state index in [-0.39, 0.29) is 6.04 Å². The van der Waals surface area contributed by atoms with Crippen LogP contribution in [0.1, 0.15) is 55.1 Å². The van der Waals surface area contributed by atoms with Crippen molar-refractivity contribution in [2.24, 2.45) is 0 Å². The van der Waals surface area contributed by atoms with Crippen molar-refractivity contribution in [2.75, 3.05) is 33.3 Å². The summed E-state index contributed by atoms with van der Waals surface area (Å²) in [5, 5.41) is 23.9. The number of piperazine rings is 1. The van der Waals surface area contributed by atoms with E-state index in [1.165, 1.54) is 5.56 Å². The van der Waals surface area contributed by atoms with Gasteiger partial charge in [-0.15, -0.1) is 0 Å². The van der Waals surface area contributed by atoms with E-state index in [2.05, 4.69) is 69.1 Å². The molecule has 5 rings (SSSR count). The van der Waals surface area contributed by atoms with Crippen molar-refractivity contribution in [1.82, 2.24) is 9.80 Å². The van der Waals surface area contributed by atoms with Gasteiger partial charge < -0.3 is 14.9 Å². The van der Waals surface area contributed by atoms with Crippen molar-refractivity contribution < 1.29 is 19.7 Å². The van der Waals surface area contributed by atoms with Crippen LogP contribution in [0.25, 0.3) is 10.8 Å². The van der Waals surface area contributed by atoms with Gasteiger partial charge in [0.15, 0.2) is 0 Å². The zero-order valence-corrected chi connectivity index (χ0v) is 28.8. The summed E-state index contributed by atoms with van der Waals surface area (Å²) in [6.45, 7) is 7.22. The first kappa shape index (κ1) is 35.4. The van der Waals surface area contributed by atoms with Crippen LogP contribution in [0.4, 0.5) is 0 Å². The van der Waals surface area contributed by atoms with Gasteiger partial charge in [-0.25, -0.2) is 0 Å². The fourth-order valence-electron chi connectivity index (χ4n) is 5.68. The molecule has 0 aromatic heterocycles.